The molecule has 1 N–H and O–H groups in total. The molecule has 0 unspecified atom stereocenters. The second-order valence-electron chi connectivity index (χ2n) is 9.48. The first-order valence-corrected chi connectivity index (χ1v) is 10.3. The molecule has 2 heterocycles. The summed E-state index contributed by atoms with van der Waals surface area (Å²) in [6, 6.07) is 0. The minimum atomic E-state index is -1.06. The lowest BCUT2D eigenvalue weighted by Gasteiger charge is -2.58. The number of epoxide rings is 1. The fourth-order valence-electron chi connectivity index (χ4n) is 5.72. The molecular weight excluding hydrogens is 388 g/mol. The lowest BCUT2D eigenvalue weighted by atomic mass is 9.51. The van der Waals surface area contributed by atoms with Gasteiger partial charge < -0.3 is 24.1 Å². The number of aliphatic hydroxyl groups excluding tert-OH is 1. The van der Waals surface area contributed by atoms with Gasteiger partial charge in [0, 0.05) is 16.6 Å². The van der Waals surface area contributed by atoms with E-state index >= 15 is 0 Å². The highest BCUT2D eigenvalue weighted by Crippen LogP contribution is 2.72. The first-order valence-electron chi connectivity index (χ1n) is 10.3. The van der Waals surface area contributed by atoms with Crippen LogP contribution in [0.15, 0.2) is 36.0 Å². The quantitative estimate of drug-likeness (QED) is 0.317. The second-order valence-corrected chi connectivity index (χ2v) is 9.48. The number of aliphatic hydroxyl groups is 1. The Kier molecular flexibility index (Phi) is 4.80. The zero-order valence-electron chi connectivity index (χ0n) is 18.0. The Labute approximate surface area is 176 Å². The van der Waals surface area contributed by atoms with Crippen molar-refractivity contribution >= 4 is 11.9 Å². The van der Waals surface area contributed by atoms with Crippen LogP contribution in [-0.4, -0.2) is 60.3 Å². The molecule has 2 aliphatic heterocycles. The maximum atomic E-state index is 12.5. The zero-order chi connectivity index (χ0) is 22.1. The molecular formula is C23H30O7. The highest BCUT2D eigenvalue weighted by atomic mass is 16.7. The third-order valence-corrected chi connectivity index (χ3v) is 7.65. The predicted molar refractivity (Wildman–Crippen MR) is 107 cm³/mol. The van der Waals surface area contributed by atoms with Crippen molar-refractivity contribution in [3.05, 3.63) is 36.0 Å². The fraction of sp³-hybridized carbons (Fsp3) is 0.652. The molecule has 2 aliphatic carbocycles. The number of carbonyl (C=O) groups excluding carboxylic acids is 2. The van der Waals surface area contributed by atoms with E-state index < -0.39 is 52.8 Å². The summed E-state index contributed by atoms with van der Waals surface area (Å²) in [6.07, 6.45) is 0.473. The van der Waals surface area contributed by atoms with Crippen LogP contribution in [0.5, 0.6) is 0 Å². The summed E-state index contributed by atoms with van der Waals surface area (Å²) in [5.41, 5.74) is -0.635. The van der Waals surface area contributed by atoms with Gasteiger partial charge in [0.15, 0.2) is 0 Å². The van der Waals surface area contributed by atoms with E-state index in [2.05, 4.69) is 13.2 Å². The van der Waals surface area contributed by atoms with Crippen LogP contribution in [0.25, 0.3) is 0 Å². The van der Waals surface area contributed by atoms with E-state index in [1.54, 1.807) is 13.8 Å². The number of carbonyl (C=O) groups is 2. The van der Waals surface area contributed by atoms with Crippen LogP contribution < -0.4 is 0 Å². The molecule has 3 fully saturated rings. The van der Waals surface area contributed by atoms with Crippen LogP contribution in [0.2, 0.25) is 0 Å². The van der Waals surface area contributed by atoms with Gasteiger partial charge in [0.05, 0.1) is 18.1 Å². The van der Waals surface area contributed by atoms with Gasteiger partial charge in [-0.1, -0.05) is 31.7 Å². The van der Waals surface area contributed by atoms with Crippen molar-refractivity contribution in [2.24, 2.45) is 10.8 Å². The standard InChI is InChI=1S/C23H30O7/c1-12(2)19(25)27-10-22-8-7-14(5)9-15(22)29-18-16(24)17(30-20(26)13(3)4)21(22,6)23(18)11-28-23/h9,15-18,24H,1,3,7-8,10-11H2,2,4-6H3/t15-,16-,17-,18-,21-,22-,23+/m1/s1. The summed E-state index contributed by atoms with van der Waals surface area (Å²) in [7, 11) is 0. The Morgan fingerprint density at radius 2 is 1.90 bits per heavy atom. The molecule has 7 heteroatoms. The normalized spacial score (nSPS) is 43.4. The van der Waals surface area contributed by atoms with E-state index in [0.717, 1.165) is 6.42 Å². The fourth-order valence-corrected chi connectivity index (χ4v) is 5.72. The topological polar surface area (TPSA) is 94.6 Å². The van der Waals surface area contributed by atoms with Gasteiger partial charge in [0.25, 0.3) is 0 Å². The van der Waals surface area contributed by atoms with Gasteiger partial charge in [-0.3, -0.25) is 0 Å². The number of ether oxygens (including phenoxy) is 4. The van der Waals surface area contributed by atoms with Crippen LogP contribution in [0.3, 0.4) is 0 Å². The number of esters is 2. The van der Waals surface area contributed by atoms with E-state index in [4.69, 9.17) is 18.9 Å². The van der Waals surface area contributed by atoms with Crippen molar-refractivity contribution in [1.82, 2.24) is 0 Å². The summed E-state index contributed by atoms with van der Waals surface area (Å²) < 4.78 is 23.8. The van der Waals surface area contributed by atoms with Gasteiger partial charge in [0.2, 0.25) is 0 Å². The third kappa shape index (κ3) is 2.61. The smallest absolute Gasteiger partial charge is 0.333 e. The van der Waals surface area contributed by atoms with Crippen LogP contribution in [0, 0.1) is 10.8 Å². The molecule has 4 rings (SSSR count). The molecule has 0 aromatic rings. The Balaban J connectivity index is 1.81. The van der Waals surface area contributed by atoms with Gasteiger partial charge in [-0.15, -0.1) is 0 Å². The van der Waals surface area contributed by atoms with E-state index in [-0.39, 0.29) is 12.2 Å². The molecule has 0 radical (unpaired) electrons. The van der Waals surface area contributed by atoms with Gasteiger partial charge >= 0.3 is 11.9 Å². The molecule has 0 aromatic heterocycles. The van der Waals surface area contributed by atoms with Gasteiger partial charge in [-0.25, -0.2) is 9.59 Å². The van der Waals surface area contributed by atoms with E-state index in [1.165, 1.54) is 5.57 Å². The van der Waals surface area contributed by atoms with Gasteiger partial charge in [-0.05, 0) is 33.6 Å². The number of hydrogen-bond donors (Lipinski definition) is 1. The highest BCUT2D eigenvalue weighted by molar-refractivity contribution is 5.87. The highest BCUT2D eigenvalue weighted by Gasteiger charge is 2.85. The molecule has 0 aromatic carbocycles. The third-order valence-electron chi connectivity index (χ3n) is 7.65. The largest absolute Gasteiger partial charge is 0.462 e. The first kappa shape index (κ1) is 21.3. The molecule has 1 spiro atoms. The van der Waals surface area contributed by atoms with Crippen molar-refractivity contribution in [3.8, 4) is 0 Å². The van der Waals surface area contributed by atoms with Crippen molar-refractivity contribution in [2.45, 2.75) is 70.6 Å². The predicted octanol–water partition coefficient (Wildman–Crippen LogP) is 2.24. The summed E-state index contributed by atoms with van der Waals surface area (Å²) in [5.74, 6) is -1.06. The van der Waals surface area contributed by atoms with Crippen LogP contribution in [-0.2, 0) is 28.5 Å². The molecule has 2 saturated heterocycles. The van der Waals surface area contributed by atoms with Gasteiger partial charge in [0.1, 0.15) is 30.5 Å². The summed E-state index contributed by atoms with van der Waals surface area (Å²) in [4.78, 5) is 24.7. The average molecular weight is 418 g/mol. The summed E-state index contributed by atoms with van der Waals surface area (Å²) >= 11 is 0. The first-order chi connectivity index (χ1) is 14.0. The van der Waals surface area contributed by atoms with Crippen LogP contribution >= 0.6 is 0 Å². The minimum Gasteiger partial charge on any atom is -0.462 e. The number of allylic oxidation sites excluding steroid dienone is 1. The molecule has 7 atom stereocenters. The number of fused-ring (bicyclic) bond motifs is 2. The van der Waals surface area contributed by atoms with E-state index in [0.29, 0.717) is 18.6 Å². The van der Waals surface area contributed by atoms with Crippen molar-refractivity contribution in [1.29, 1.82) is 0 Å². The Bertz CT molecular complexity index is 854. The summed E-state index contributed by atoms with van der Waals surface area (Å²) in [6.45, 7) is 14.9. The van der Waals surface area contributed by atoms with E-state index in [1.807, 2.05) is 19.9 Å². The van der Waals surface area contributed by atoms with Crippen molar-refractivity contribution < 1.29 is 33.6 Å². The average Bonchev–Trinajstić information content (AvgIpc) is 3.47. The SMILES string of the molecule is C=C(C)C(=O)OC[C@]12CCC(C)=C[C@H]1O[C@@H]1[C@H](O)[C@@H](OC(=O)C(=C)C)[C@@]2(C)[C@]12CO2. The van der Waals surface area contributed by atoms with Crippen LogP contribution in [0.4, 0.5) is 0 Å². The molecule has 1 saturated carbocycles. The number of hydrogen-bond acceptors (Lipinski definition) is 7. The monoisotopic (exact) mass is 418 g/mol. The van der Waals surface area contributed by atoms with Crippen molar-refractivity contribution in [3.63, 3.8) is 0 Å². The van der Waals surface area contributed by atoms with Crippen LogP contribution in [0.1, 0.15) is 40.5 Å². The Morgan fingerprint density at radius 1 is 1.27 bits per heavy atom. The van der Waals surface area contributed by atoms with E-state index in [9.17, 15) is 14.7 Å². The zero-order valence-corrected chi connectivity index (χ0v) is 18.0. The molecule has 164 valence electrons. The maximum absolute atomic E-state index is 12.5. The Morgan fingerprint density at radius 3 is 2.47 bits per heavy atom. The van der Waals surface area contributed by atoms with Gasteiger partial charge in [-0.2, -0.15) is 0 Å². The molecule has 30 heavy (non-hydrogen) atoms. The minimum absolute atomic E-state index is 0.0509. The second kappa shape index (κ2) is 6.77. The van der Waals surface area contributed by atoms with Crippen molar-refractivity contribution in [2.75, 3.05) is 13.2 Å². The lowest BCUT2D eigenvalue weighted by Crippen LogP contribution is -2.66. The molecule has 2 bridgehead atoms. The Hall–Kier alpha value is -1.96. The molecule has 7 nitrogen and oxygen atoms in total. The molecule has 4 aliphatic rings. The summed E-state index contributed by atoms with van der Waals surface area (Å²) in [5, 5.41) is 11.2. The maximum Gasteiger partial charge on any atom is 0.333 e. The lowest BCUT2D eigenvalue weighted by molar-refractivity contribution is -0.233. The number of rotatable bonds is 5. The molecule has 0 amide bonds.